The van der Waals surface area contributed by atoms with E-state index in [2.05, 4.69) is 0 Å². The Kier molecular flexibility index (Phi) is 3.27. The van der Waals surface area contributed by atoms with Gasteiger partial charge >= 0.3 is 5.76 Å². The van der Waals surface area contributed by atoms with Crippen LogP contribution in [-0.2, 0) is 6.54 Å². The summed E-state index contributed by atoms with van der Waals surface area (Å²) in [7, 11) is 0. The molecule has 5 nitrogen and oxygen atoms in total. The summed E-state index contributed by atoms with van der Waals surface area (Å²) in [5.41, 5.74) is 7.59. The molecule has 0 aliphatic heterocycles. The maximum Gasteiger partial charge on any atom is 0.420 e. The number of nitrogens with zero attached hydrogens (tertiary/aromatic N) is 1. The molecule has 0 atom stereocenters. The highest BCUT2D eigenvalue weighted by molar-refractivity contribution is 6.31. The molecular formula is C15H11ClN2O3. The summed E-state index contributed by atoms with van der Waals surface area (Å²) in [4.78, 5) is 22.9. The zero-order valence-corrected chi connectivity index (χ0v) is 11.6. The van der Waals surface area contributed by atoms with Crippen molar-refractivity contribution in [1.29, 1.82) is 0 Å². The zero-order valence-electron chi connectivity index (χ0n) is 10.9. The molecule has 1 amide bonds. The summed E-state index contributed by atoms with van der Waals surface area (Å²) in [5, 5.41) is 0.509. The second kappa shape index (κ2) is 5.10. The van der Waals surface area contributed by atoms with E-state index >= 15 is 0 Å². The molecule has 0 saturated heterocycles. The predicted molar refractivity (Wildman–Crippen MR) is 79.5 cm³/mol. The molecule has 0 aliphatic rings. The Labute approximate surface area is 124 Å². The van der Waals surface area contributed by atoms with E-state index in [0.717, 1.165) is 5.56 Å². The normalized spacial score (nSPS) is 10.9. The van der Waals surface area contributed by atoms with Crippen LogP contribution in [-0.4, -0.2) is 10.5 Å². The van der Waals surface area contributed by atoms with Gasteiger partial charge in [0.25, 0.3) is 0 Å². The highest BCUT2D eigenvalue weighted by Gasteiger charge is 2.10. The molecule has 1 heterocycles. The lowest BCUT2D eigenvalue weighted by Crippen LogP contribution is -2.15. The van der Waals surface area contributed by atoms with Crippen molar-refractivity contribution in [2.45, 2.75) is 6.54 Å². The number of carbonyl (C=O) groups excluding carboxylic acids is 1. The van der Waals surface area contributed by atoms with Crippen LogP contribution in [0.2, 0.25) is 5.02 Å². The standard InChI is InChI=1S/C15H11ClN2O3/c16-11-5-6-12-13(7-11)21-15(20)18(12)8-9-1-3-10(4-2-9)14(17)19/h1-7H,8H2,(H2,17,19). The fourth-order valence-electron chi connectivity index (χ4n) is 2.15. The van der Waals surface area contributed by atoms with Gasteiger partial charge in [0.15, 0.2) is 5.58 Å². The van der Waals surface area contributed by atoms with E-state index in [1.54, 1.807) is 42.5 Å². The van der Waals surface area contributed by atoms with E-state index in [1.165, 1.54) is 4.57 Å². The summed E-state index contributed by atoms with van der Waals surface area (Å²) in [6, 6.07) is 11.8. The number of benzene rings is 2. The summed E-state index contributed by atoms with van der Waals surface area (Å²) in [6.45, 7) is 0.340. The van der Waals surface area contributed by atoms with E-state index < -0.39 is 11.7 Å². The number of halogens is 1. The van der Waals surface area contributed by atoms with Gasteiger partial charge in [-0.1, -0.05) is 23.7 Å². The van der Waals surface area contributed by atoms with Crippen LogP contribution in [0.25, 0.3) is 11.1 Å². The van der Waals surface area contributed by atoms with Crippen molar-refractivity contribution in [3.8, 4) is 0 Å². The monoisotopic (exact) mass is 302 g/mol. The van der Waals surface area contributed by atoms with Crippen LogP contribution in [0.5, 0.6) is 0 Å². The van der Waals surface area contributed by atoms with Crippen molar-refractivity contribution < 1.29 is 9.21 Å². The first-order chi connectivity index (χ1) is 10.0. The van der Waals surface area contributed by atoms with Gasteiger partial charge in [0.1, 0.15) is 0 Å². The third-order valence-electron chi connectivity index (χ3n) is 3.21. The summed E-state index contributed by atoms with van der Waals surface area (Å²) in [5.74, 6) is -0.937. The van der Waals surface area contributed by atoms with Gasteiger partial charge in [-0.2, -0.15) is 0 Å². The van der Waals surface area contributed by atoms with Crippen LogP contribution in [0.4, 0.5) is 0 Å². The van der Waals surface area contributed by atoms with Crippen LogP contribution >= 0.6 is 11.6 Å². The highest BCUT2D eigenvalue weighted by atomic mass is 35.5. The SMILES string of the molecule is NC(=O)c1ccc(Cn2c(=O)oc3cc(Cl)ccc32)cc1. The molecule has 2 N–H and O–H groups in total. The third-order valence-corrected chi connectivity index (χ3v) is 3.44. The van der Waals surface area contributed by atoms with Gasteiger partial charge in [-0.3, -0.25) is 9.36 Å². The molecule has 0 saturated carbocycles. The second-order valence-electron chi connectivity index (χ2n) is 4.63. The maximum absolute atomic E-state index is 11.9. The number of hydrogen-bond donors (Lipinski definition) is 1. The van der Waals surface area contributed by atoms with E-state index in [0.29, 0.717) is 28.2 Å². The van der Waals surface area contributed by atoms with Crippen molar-refractivity contribution in [3.63, 3.8) is 0 Å². The minimum Gasteiger partial charge on any atom is -0.408 e. The van der Waals surface area contributed by atoms with Crippen LogP contribution in [0.3, 0.4) is 0 Å². The van der Waals surface area contributed by atoms with Gasteiger partial charge in [-0.25, -0.2) is 4.79 Å². The molecule has 0 unspecified atom stereocenters. The Hall–Kier alpha value is -2.53. The third kappa shape index (κ3) is 2.55. The van der Waals surface area contributed by atoms with E-state index in [-0.39, 0.29) is 0 Å². The number of amides is 1. The molecule has 2 aromatic carbocycles. The number of oxazole rings is 1. The maximum atomic E-state index is 11.9. The lowest BCUT2D eigenvalue weighted by molar-refractivity contribution is 0.100. The number of fused-ring (bicyclic) bond motifs is 1. The fraction of sp³-hybridized carbons (Fsp3) is 0.0667. The van der Waals surface area contributed by atoms with Gasteiger partial charge in [-0.15, -0.1) is 0 Å². The molecule has 106 valence electrons. The number of carbonyl (C=O) groups is 1. The summed E-state index contributed by atoms with van der Waals surface area (Å²) < 4.78 is 6.67. The number of rotatable bonds is 3. The average molecular weight is 303 g/mol. The van der Waals surface area contributed by atoms with Gasteiger partial charge in [0.05, 0.1) is 12.1 Å². The van der Waals surface area contributed by atoms with Gasteiger partial charge in [0, 0.05) is 16.7 Å². The average Bonchev–Trinajstić information content (AvgIpc) is 2.75. The molecular weight excluding hydrogens is 292 g/mol. The van der Waals surface area contributed by atoms with Gasteiger partial charge < -0.3 is 10.2 Å². The van der Waals surface area contributed by atoms with E-state index in [1.807, 2.05) is 0 Å². The number of primary amides is 1. The van der Waals surface area contributed by atoms with E-state index in [9.17, 15) is 9.59 Å². The fourth-order valence-corrected chi connectivity index (χ4v) is 2.31. The Morgan fingerprint density at radius 3 is 2.57 bits per heavy atom. The zero-order chi connectivity index (χ0) is 15.0. The summed E-state index contributed by atoms with van der Waals surface area (Å²) in [6.07, 6.45) is 0. The molecule has 0 spiro atoms. The molecule has 0 bridgehead atoms. The van der Waals surface area contributed by atoms with Crippen molar-refractivity contribution in [2.75, 3.05) is 0 Å². The Bertz CT molecular complexity index is 878. The Morgan fingerprint density at radius 2 is 1.90 bits per heavy atom. The van der Waals surface area contributed by atoms with Crippen molar-refractivity contribution in [2.24, 2.45) is 5.73 Å². The summed E-state index contributed by atoms with van der Waals surface area (Å²) >= 11 is 5.87. The smallest absolute Gasteiger partial charge is 0.408 e. The van der Waals surface area contributed by atoms with Crippen molar-refractivity contribution >= 4 is 28.6 Å². The second-order valence-corrected chi connectivity index (χ2v) is 5.06. The Morgan fingerprint density at radius 1 is 1.19 bits per heavy atom. The molecule has 3 aromatic rings. The number of aromatic nitrogens is 1. The first-order valence-electron chi connectivity index (χ1n) is 6.22. The van der Waals surface area contributed by atoms with Crippen LogP contribution in [0.15, 0.2) is 51.7 Å². The molecule has 1 aromatic heterocycles. The number of hydrogen-bond acceptors (Lipinski definition) is 3. The largest absolute Gasteiger partial charge is 0.420 e. The van der Waals surface area contributed by atoms with Gasteiger partial charge in [-0.05, 0) is 29.8 Å². The molecule has 0 radical (unpaired) electrons. The Balaban J connectivity index is 1.99. The van der Waals surface area contributed by atoms with Crippen LogP contribution in [0, 0.1) is 0 Å². The lowest BCUT2D eigenvalue weighted by Gasteiger charge is -2.03. The lowest BCUT2D eigenvalue weighted by atomic mass is 10.1. The van der Waals surface area contributed by atoms with Gasteiger partial charge in [0.2, 0.25) is 5.91 Å². The van der Waals surface area contributed by atoms with Crippen LogP contribution in [0.1, 0.15) is 15.9 Å². The molecule has 3 rings (SSSR count). The van der Waals surface area contributed by atoms with Crippen LogP contribution < -0.4 is 11.5 Å². The molecule has 21 heavy (non-hydrogen) atoms. The molecule has 0 fully saturated rings. The first kappa shape index (κ1) is 13.5. The minimum atomic E-state index is -0.484. The minimum absolute atomic E-state index is 0.340. The highest BCUT2D eigenvalue weighted by Crippen LogP contribution is 2.19. The molecule has 0 aliphatic carbocycles. The predicted octanol–water partition coefficient (Wildman–Crippen LogP) is 2.40. The van der Waals surface area contributed by atoms with Crippen molar-refractivity contribution in [3.05, 3.63) is 69.2 Å². The molecule has 6 heteroatoms. The van der Waals surface area contributed by atoms with E-state index in [4.69, 9.17) is 21.8 Å². The topological polar surface area (TPSA) is 78.2 Å². The van der Waals surface area contributed by atoms with Crippen molar-refractivity contribution in [1.82, 2.24) is 4.57 Å². The number of nitrogens with two attached hydrogens (primary N) is 1. The quantitative estimate of drug-likeness (QED) is 0.807. The first-order valence-corrected chi connectivity index (χ1v) is 6.60.